The van der Waals surface area contributed by atoms with Crippen LogP contribution in [0.3, 0.4) is 0 Å². The number of nitrogens with one attached hydrogen (secondary N) is 1. The number of amides is 1. The van der Waals surface area contributed by atoms with E-state index < -0.39 is 0 Å². The van der Waals surface area contributed by atoms with Crippen molar-refractivity contribution in [2.75, 3.05) is 13.2 Å². The Balaban J connectivity index is 0.00000220. The first kappa shape index (κ1) is 17.1. The summed E-state index contributed by atoms with van der Waals surface area (Å²) < 4.78 is 10.6. The summed E-state index contributed by atoms with van der Waals surface area (Å²) in [6.45, 7) is 1.40. The van der Waals surface area contributed by atoms with E-state index in [1.807, 2.05) is 30.3 Å². The maximum atomic E-state index is 11.8. The number of hydrogen-bond donors (Lipinski definition) is 2. The Morgan fingerprint density at radius 1 is 1.29 bits per heavy atom. The number of carbonyl (C=O) groups excluding carboxylic acids is 1. The monoisotopic (exact) mass is 310 g/mol. The molecule has 1 amide bonds. The summed E-state index contributed by atoms with van der Waals surface area (Å²) in [5.74, 6) is 1.27. The second-order valence-corrected chi connectivity index (χ2v) is 4.28. The molecule has 0 saturated heterocycles. The van der Waals surface area contributed by atoms with Gasteiger partial charge in [0, 0.05) is 6.54 Å². The predicted molar refractivity (Wildman–Crippen MR) is 82.7 cm³/mol. The molecule has 1 aromatic carbocycles. The van der Waals surface area contributed by atoms with Gasteiger partial charge in [-0.15, -0.1) is 12.4 Å². The van der Waals surface area contributed by atoms with Crippen molar-refractivity contribution in [3.8, 4) is 5.75 Å². The molecule has 21 heavy (non-hydrogen) atoms. The quantitative estimate of drug-likeness (QED) is 0.770. The van der Waals surface area contributed by atoms with E-state index in [1.165, 1.54) is 6.26 Å². The fourth-order valence-electron chi connectivity index (χ4n) is 1.69. The van der Waals surface area contributed by atoms with Gasteiger partial charge in [0.2, 0.25) is 0 Å². The molecule has 0 radical (unpaired) electrons. The number of para-hydroxylation sites is 1. The number of hydrogen-bond acceptors (Lipinski definition) is 4. The first-order chi connectivity index (χ1) is 9.79. The van der Waals surface area contributed by atoms with Crippen LogP contribution in [0.25, 0.3) is 0 Å². The molecule has 0 bridgehead atoms. The Morgan fingerprint density at radius 2 is 2.05 bits per heavy atom. The Morgan fingerprint density at radius 3 is 2.71 bits per heavy atom. The average molecular weight is 311 g/mol. The van der Waals surface area contributed by atoms with Gasteiger partial charge in [-0.05, 0) is 24.6 Å². The molecule has 0 aliphatic rings. The second-order valence-electron chi connectivity index (χ2n) is 4.28. The van der Waals surface area contributed by atoms with Crippen LogP contribution in [0.15, 0.2) is 47.1 Å². The predicted octanol–water partition coefficient (Wildman–Crippen LogP) is 2.36. The van der Waals surface area contributed by atoms with Crippen molar-refractivity contribution in [3.63, 3.8) is 0 Å². The van der Waals surface area contributed by atoms with E-state index in [-0.39, 0.29) is 24.9 Å². The zero-order valence-corrected chi connectivity index (χ0v) is 12.4. The lowest BCUT2D eigenvalue weighted by Crippen LogP contribution is -2.25. The first-order valence-corrected chi connectivity index (χ1v) is 6.53. The van der Waals surface area contributed by atoms with E-state index in [9.17, 15) is 4.79 Å². The van der Waals surface area contributed by atoms with Crippen LogP contribution in [0.2, 0.25) is 0 Å². The lowest BCUT2D eigenvalue weighted by molar-refractivity contribution is 0.0951. The van der Waals surface area contributed by atoms with Crippen LogP contribution in [0.4, 0.5) is 0 Å². The topological polar surface area (TPSA) is 77.5 Å². The number of benzene rings is 1. The summed E-state index contributed by atoms with van der Waals surface area (Å²) in [7, 11) is 0. The summed E-state index contributed by atoms with van der Waals surface area (Å²) in [4.78, 5) is 11.8. The summed E-state index contributed by atoms with van der Waals surface area (Å²) in [5, 5.41) is 2.80. The van der Waals surface area contributed by atoms with Gasteiger partial charge in [-0.2, -0.15) is 0 Å². The highest BCUT2D eigenvalue weighted by Crippen LogP contribution is 2.08. The number of ether oxygens (including phenoxy) is 1. The molecule has 1 heterocycles. The highest BCUT2D eigenvalue weighted by atomic mass is 35.5. The molecule has 0 unspecified atom stereocenters. The molecule has 3 N–H and O–H groups in total. The van der Waals surface area contributed by atoms with E-state index in [4.69, 9.17) is 14.9 Å². The molecule has 0 aliphatic carbocycles. The van der Waals surface area contributed by atoms with Crippen LogP contribution in [-0.2, 0) is 6.54 Å². The van der Waals surface area contributed by atoms with E-state index in [0.29, 0.717) is 24.5 Å². The molecule has 0 atom stereocenters. The zero-order valence-electron chi connectivity index (χ0n) is 11.6. The van der Waals surface area contributed by atoms with Crippen molar-refractivity contribution < 1.29 is 13.9 Å². The lowest BCUT2D eigenvalue weighted by Gasteiger charge is -2.06. The standard InChI is InChI=1S/C15H18N2O3.ClH/c16-10-14-9-12(11-20-14)15(18)17-7-4-8-19-13-5-2-1-3-6-13;/h1-3,5-6,9,11H,4,7-8,10,16H2,(H,17,18);1H. The Labute approximate surface area is 129 Å². The SMILES string of the molecule is Cl.NCc1cc(C(=O)NCCCOc2ccccc2)co1. The molecule has 1 aromatic heterocycles. The van der Waals surface area contributed by atoms with Crippen LogP contribution in [0.1, 0.15) is 22.5 Å². The van der Waals surface area contributed by atoms with Gasteiger partial charge < -0.3 is 20.2 Å². The van der Waals surface area contributed by atoms with Gasteiger partial charge >= 0.3 is 0 Å². The minimum Gasteiger partial charge on any atom is -0.494 e. The summed E-state index contributed by atoms with van der Waals surface area (Å²) in [6.07, 6.45) is 2.15. The first-order valence-electron chi connectivity index (χ1n) is 6.53. The van der Waals surface area contributed by atoms with E-state index in [1.54, 1.807) is 6.07 Å². The minimum atomic E-state index is -0.159. The van der Waals surface area contributed by atoms with E-state index in [0.717, 1.165) is 12.2 Å². The molecular weight excluding hydrogens is 292 g/mol. The number of carbonyl (C=O) groups is 1. The minimum absolute atomic E-state index is 0. The van der Waals surface area contributed by atoms with Crippen molar-refractivity contribution in [2.24, 2.45) is 5.73 Å². The normalized spacial score (nSPS) is 9.76. The van der Waals surface area contributed by atoms with Crippen LogP contribution in [0, 0.1) is 0 Å². The molecule has 0 fully saturated rings. The average Bonchev–Trinajstić information content (AvgIpc) is 2.97. The van der Waals surface area contributed by atoms with Crippen molar-refractivity contribution in [2.45, 2.75) is 13.0 Å². The molecule has 0 spiro atoms. The van der Waals surface area contributed by atoms with Gasteiger partial charge in [0.05, 0.1) is 18.7 Å². The number of halogens is 1. The molecule has 0 aliphatic heterocycles. The van der Waals surface area contributed by atoms with Gasteiger partial charge in [0.15, 0.2) is 0 Å². The Bertz CT molecular complexity index is 543. The van der Waals surface area contributed by atoms with Crippen molar-refractivity contribution in [3.05, 3.63) is 54.0 Å². The Hall–Kier alpha value is -1.98. The largest absolute Gasteiger partial charge is 0.494 e. The van der Waals surface area contributed by atoms with Crippen molar-refractivity contribution in [1.82, 2.24) is 5.32 Å². The number of nitrogens with two attached hydrogens (primary N) is 1. The number of furan rings is 1. The highest BCUT2D eigenvalue weighted by molar-refractivity contribution is 5.93. The fourth-order valence-corrected chi connectivity index (χ4v) is 1.69. The third kappa shape index (κ3) is 5.49. The second kappa shape index (κ2) is 9.05. The molecule has 114 valence electrons. The van der Waals surface area contributed by atoms with Crippen molar-refractivity contribution in [1.29, 1.82) is 0 Å². The zero-order chi connectivity index (χ0) is 14.2. The van der Waals surface area contributed by atoms with E-state index >= 15 is 0 Å². The van der Waals surface area contributed by atoms with Crippen LogP contribution in [-0.4, -0.2) is 19.1 Å². The van der Waals surface area contributed by atoms with Gasteiger partial charge in [-0.3, -0.25) is 4.79 Å². The molecule has 5 nitrogen and oxygen atoms in total. The molecule has 6 heteroatoms. The maximum Gasteiger partial charge on any atom is 0.254 e. The van der Waals surface area contributed by atoms with Gasteiger partial charge in [-0.1, -0.05) is 18.2 Å². The fraction of sp³-hybridized carbons (Fsp3) is 0.267. The summed E-state index contributed by atoms with van der Waals surface area (Å²) >= 11 is 0. The molecular formula is C15H19ClN2O3. The molecule has 2 rings (SSSR count). The summed E-state index contributed by atoms with van der Waals surface area (Å²) in [5.41, 5.74) is 5.91. The van der Waals surface area contributed by atoms with Crippen LogP contribution < -0.4 is 15.8 Å². The molecule has 0 saturated carbocycles. The van der Waals surface area contributed by atoms with E-state index in [2.05, 4.69) is 5.32 Å². The van der Waals surface area contributed by atoms with Gasteiger partial charge in [0.1, 0.15) is 17.8 Å². The Kier molecular flexibility index (Phi) is 7.36. The third-order valence-corrected chi connectivity index (χ3v) is 2.74. The third-order valence-electron chi connectivity index (χ3n) is 2.74. The van der Waals surface area contributed by atoms with Gasteiger partial charge in [-0.25, -0.2) is 0 Å². The molecule has 2 aromatic rings. The smallest absolute Gasteiger partial charge is 0.254 e. The lowest BCUT2D eigenvalue weighted by atomic mass is 10.3. The highest BCUT2D eigenvalue weighted by Gasteiger charge is 2.08. The number of rotatable bonds is 7. The van der Waals surface area contributed by atoms with Crippen molar-refractivity contribution >= 4 is 18.3 Å². The van der Waals surface area contributed by atoms with Gasteiger partial charge in [0.25, 0.3) is 5.91 Å². The maximum absolute atomic E-state index is 11.8. The van der Waals surface area contributed by atoms with Crippen LogP contribution in [0.5, 0.6) is 5.75 Å². The summed E-state index contributed by atoms with van der Waals surface area (Å²) in [6, 6.07) is 11.2. The van der Waals surface area contributed by atoms with Crippen LogP contribution >= 0.6 is 12.4 Å².